The van der Waals surface area contributed by atoms with Crippen molar-refractivity contribution < 1.29 is 9.84 Å². The van der Waals surface area contributed by atoms with Crippen LogP contribution in [0.25, 0.3) is 0 Å². The van der Waals surface area contributed by atoms with E-state index in [1.54, 1.807) is 7.11 Å². The number of aliphatic hydroxyl groups is 1. The zero-order valence-corrected chi connectivity index (χ0v) is 10.3. The molecule has 17 heavy (non-hydrogen) atoms. The van der Waals surface area contributed by atoms with Crippen LogP contribution in [0.1, 0.15) is 19.4 Å². The summed E-state index contributed by atoms with van der Waals surface area (Å²) in [5.41, 5.74) is 0.874. The molecule has 0 bridgehead atoms. The quantitative estimate of drug-likeness (QED) is 0.785. The van der Waals surface area contributed by atoms with Crippen molar-refractivity contribution in [2.75, 3.05) is 7.11 Å². The second-order valence-electron chi connectivity index (χ2n) is 3.94. The van der Waals surface area contributed by atoms with Crippen molar-refractivity contribution in [1.29, 1.82) is 0 Å². The Kier molecular flexibility index (Phi) is 5.14. The van der Waals surface area contributed by atoms with Gasteiger partial charge in [-0.15, -0.1) is 0 Å². The third kappa shape index (κ3) is 4.64. The van der Waals surface area contributed by atoms with Gasteiger partial charge in [-0.2, -0.15) is 0 Å². The van der Waals surface area contributed by atoms with Gasteiger partial charge in [0.15, 0.2) is 0 Å². The molecule has 0 aliphatic rings. The SMILES string of the molecule is COc1ccc(C#CC#C[C@@H](O)C(C)C)cc1. The van der Waals surface area contributed by atoms with Crippen molar-refractivity contribution >= 4 is 0 Å². The van der Waals surface area contributed by atoms with Crippen LogP contribution in [-0.4, -0.2) is 18.3 Å². The monoisotopic (exact) mass is 228 g/mol. The molecule has 0 spiro atoms. The van der Waals surface area contributed by atoms with Gasteiger partial charge < -0.3 is 9.84 Å². The molecule has 0 radical (unpaired) electrons. The van der Waals surface area contributed by atoms with E-state index in [-0.39, 0.29) is 5.92 Å². The van der Waals surface area contributed by atoms with E-state index < -0.39 is 6.10 Å². The van der Waals surface area contributed by atoms with E-state index in [2.05, 4.69) is 23.7 Å². The Labute approximate surface area is 103 Å². The number of benzene rings is 1. The van der Waals surface area contributed by atoms with Crippen LogP contribution in [0, 0.1) is 29.6 Å². The van der Waals surface area contributed by atoms with Crippen LogP contribution in [0.3, 0.4) is 0 Å². The summed E-state index contributed by atoms with van der Waals surface area (Å²) in [6.45, 7) is 3.83. The topological polar surface area (TPSA) is 29.5 Å². The zero-order valence-electron chi connectivity index (χ0n) is 10.3. The van der Waals surface area contributed by atoms with E-state index in [0.717, 1.165) is 11.3 Å². The summed E-state index contributed by atoms with van der Waals surface area (Å²) < 4.78 is 5.04. The lowest BCUT2D eigenvalue weighted by Gasteiger charge is -2.04. The Balaban J connectivity index is 2.65. The molecule has 0 amide bonds. The molecule has 0 unspecified atom stereocenters. The first-order chi connectivity index (χ1) is 8.13. The second kappa shape index (κ2) is 6.63. The minimum atomic E-state index is -0.611. The highest BCUT2D eigenvalue weighted by Gasteiger charge is 2.02. The average Bonchev–Trinajstić information content (AvgIpc) is 2.35. The second-order valence-corrected chi connectivity index (χ2v) is 3.94. The summed E-state index contributed by atoms with van der Waals surface area (Å²) >= 11 is 0. The number of ether oxygens (including phenoxy) is 1. The van der Waals surface area contributed by atoms with Gasteiger partial charge in [-0.25, -0.2) is 0 Å². The van der Waals surface area contributed by atoms with Crippen molar-refractivity contribution in [3.05, 3.63) is 29.8 Å². The maximum atomic E-state index is 9.43. The highest BCUT2D eigenvalue weighted by molar-refractivity contribution is 5.42. The zero-order chi connectivity index (χ0) is 12.7. The van der Waals surface area contributed by atoms with Crippen LogP contribution in [0.5, 0.6) is 5.75 Å². The van der Waals surface area contributed by atoms with Crippen molar-refractivity contribution in [2.24, 2.45) is 5.92 Å². The number of aliphatic hydroxyl groups excluding tert-OH is 1. The van der Waals surface area contributed by atoms with Gasteiger partial charge in [-0.05, 0) is 42.0 Å². The summed E-state index contributed by atoms with van der Waals surface area (Å²) in [6, 6.07) is 7.43. The normalized spacial score (nSPS) is 10.9. The van der Waals surface area contributed by atoms with Gasteiger partial charge >= 0.3 is 0 Å². The minimum Gasteiger partial charge on any atom is -0.497 e. The van der Waals surface area contributed by atoms with Crippen molar-refractivity contribution in [3.8, 4) is 29.4 Å². The van der Waals surface area contributed by atoms with E-state index >= 15 is 0 Å². The molecule has 0 saturated carbocycles. The number of methoxy groups -OCH3 is 1. The predicted molar refractivity (Wildman–Crippen MR) is 68.5 cm³/mol. The Morgan fingerprint density at radius 2 is 1.76 bits per heavy atom. The molecule has 0 saturated heterocycles. The van der Waals surface area contributed by atoms with E-state index in [0.29, 0.717) is 0 Å². The van der Waals surface area contributed by atoms with Gasteiger partial charge in [0.25, 0.3) is 0 Å². The smallest absolute Gasteiger partial charge is 0.118 e. The summed E-state index contributed by atoms with van der Waals surface area (Å²) in [5.74, 6) is 11.9. The van der Waals surface area contributed by atoms with Crippen LogP contribution in [0.2, 0.25) is 0 Å². The molecule has 1 atom stereocenters. The van der Waals surface area contributed by atoms with Crippen LogP contribution in [-0.2, 0) is 0 Å². The molecule has 0 aliphatic carbocycles. The average molecular weight is 228 g/mol. The molecular formula is C15H16O2. The lowest BCUT2D eigenvalue weighted by molar-refractivity contribution is 0.181. The molecule has 1 rings (SSSR count). The van der Waals surface area contributed by atoms with Crippen molar-refractivity contribution in [3.63, 3.8) is 0 Å². The fourth-order valence-corrected chi connectivity index (χ4v) is 1.05. The Morgan fingerprint density at radius 3 is 2.29 bits per heavy atom. The van der Waals surface area contributed by atoms with Crippen LogP contribution in [0.15, 0.2) is 24.3 Å². The molecule has 0 fully saturated rings. The Hall–Kier alpha value is -1.90. The molecular weight excluding hydrogens is 212 g/mol. The van der Waals surface area contributed by atoms with E-state index in [1.807, 2.05) is 38.1 Å². The molecule has 0 aromatic heterocycles. The lowest BCUT2D eigenvalue weighted by Crippen LogP contribution is -2.10. The Bertz CT molecular complexity index is 464. The van der Waals surface area contributed by atoms with Crippen LogP contribution < -0.4 is 4.74 Å². The number of hydrogen-bond donors (Lipinski definition) is 1. The molecule has 1 N–H and O–H groups in total. The van der Waals surface area contributed by atoms with Gasteiger partial charge in [0.2, 0.25) is 0 Å². The minimum absolute atomic E-state index is 0.130. The summed E-state index contributed by atoms with van der Waals surface area (Å²) in [6.07, 6.45) is -0.611. The number of hydrogen-bond acceptors (Lipinski definition) is 2. The molecule has 0 heterocycles. The molecule has 2 nitrogen and oxygen atoms in total. The van der Waals surface area contributed by atoms with Crippen LogP contribution >= 0.6 is 0 Å². The standard InChI is InChI=1S/C15H16O2/c1-12(2)15(16)7-5-4-6-13-8-10-14(17-3)11-9-13/h8-12,15-16H,1-3H3/t15-/m1/s1. The van der Waals surface area contributed by atoms with E-state index in [9.17, 15) is 5.11 Å². The highest BCUT2D eigenvalue weighted by Crippen LogP contribution is 2.09. The van der Waals surface area contributed by atoms with Crippen LogP contribution in [0.4, 0.5) is 0 Å². The molecule has 88 valence electrons. The fourth-order valence-electron chi connectivity index (χ4n) is 1.05. The van der Waals surface area contributed by atoms with Crippen molar-refractivity contribution in [1.82, 2.24) is 0 Å². The van der Waals surface area contributed by atoms with Gasteiger partial charge in [-0.3, -0.25) is 0 Å². The van der Waals surface area contributed by atoms with Gasteiger partial charge in [0.05, 0.1) is 7.11 Å². The first-order valence-corrected chi connectivity index (χ1v) is 5.47. The summed E-state index contributed by atoms with van der Waals surface area (Å²) in [4.78, 5) is 0. The van der Waals surface area contributed by atoms with Gasteiger partial charge in [0.1, 0.15) is 11.9 Å². The molecule has 0 aliphatic heterocycles. The van der Waals surface area contributed by atoms with E-state index in [1.165, 1.54) is 0 Å². The first kappa shape index (κ1) is 13.2. The lowest BCUT2D eigenvalue weighted by atomic mass is 10.1. The fraction of sp³-hybridized carbons (Fsp3) is 0.333. The predicted octanol–water partition coefficient (Wildman–Crippen LogP) is 2.07. The first-order valence-electron chi connectivity index (χ1n) is 5.47. The van der Waals surface area contributed by atoms with E-state index in [4.69, 9.17) is 4.74 Å². The summed E-state index contributed by atoms with van der Waals surface area (Å²) in [7, 11) is 1.62. The molecule has 2 heteroatoms. The third-order valence-electron chi connectivity index (χ3n) is 2.21. The summed E-state index contributed by atoms with van der Waals surface area (Å²) in [5, 5.41) is 9.43. The molecule has 1 aromatic rings. The maximum absolute atomic E-state index is 9.43. The van der Waals surface area contributed by atoms with Crippen molar-refractivity contribution in [2.45, 2.75) is 20.0 Å². The maximum Gasteiger partial charge on any atom is 0.118 e. The van der Waals surface area contributed by atoms with Gasteiger partial charge in [-0.1, -0.05) is 25.7 Å². The van der Waals surface area contributed by atoms with Gasteiger partial charge in [0, 0.05) is 5.56 Å². The molecule has 1 aromatic carbocycles. The number of rotatable bonds is 2. The highest BCUT2D eigenvalue weighted by atomic mass is 16.5. The third-order valence-corrected chi connectivity index (χ3v) is 2.21. The largest absolute Gasteiger partial charge is 0.497 e. The Morgan fingerprint density at radius 1 is 1.12 bits per heavy atom.